The average Bonchev–Trinajstić information content (AvgIpc) is 2.91. The van der Waals surface area contributed by atoms with Crippen LogP contribution in [0.5, 0.6) is 0 Å². The fourth-order valence-corrected chi connectivity index (χ4v) is 2.67. The summed E-state index contributed by atoms with van der Waals surface area (Å²) in [6, 6.07) is 7.65. The zero-order chi connectivity index (χ0) is 12.4. The Morgan fingerprint density at radius 3 is 2.67 bits per heavy atom. The van der Waals surface area contributed by atoms with Gasteiger partial charge in [-0.15, -0.1) is 0 Å². The molecular formula is C15H16N2O. The minimum atomic E-state index is 0.139. The van der Waals surface area contributed by atoms with Gasteiger partial charge in [-0.05, 0) is 18.1 Å². The fourth-order valence-electron chi connectivity index (χ4n) is 2.67. The summed E-state index contributed by atoms with van der Waals surface area (Å²) >= 11 is 0. The Labute approximate surface area is 106 Å². The normalized spacial score (nSPS) is 16.2. The van der Waals surface area contributed by atoms with E-state index in [1.54, 1.807) is 6.20 Å². The average molecular weight is 240 g/mol. The molecule has 3 nitrogen and oxygen atoms in total. The van der Waals surface area contributed by atoms with Crippen molar-refractivity contribution < 1.29 is 4.79 Å². The van der Waals surface area contributed by atoms with Gasteiger partial charge in [0.1, 0.15) is 5.69 Å². The first-order valence-electron chi connectivity index (χ1n) is 6.58. The molecule has 1 aliphatic carbocycles. The van der Waals surface area contributed by atoms with Crippen LogP contribution in [-0.4, -0.2) is 15.8 Å². The molecule has 1 aliphatic rings. The van der Waals surface area contributed by atoms with E-state index in [1.165, 1.54) is 25.7 Å². The number of hydrogen-bond donors (Lipinski definition) is 0. The number of fused-ring (bicyclic) bond motifs is 1. The number of nitrogens with zero attached hydrogens (tertiary/aromatic N) is 2. The van der Waals surface area contributed by atoms with Crippen LogP contribution in [0.3, 0.4) is 0 Å². The van der Waals surface area contributed by atoms with Gasteiger partial charge in [0.05, 0.1) is 17.2 Å². The lowest BCUT2D eigenvalue weighted by atomic mass is 10.00. The van der Waals surface area contributed by atoms with Crippen LogP contribution in [0.2, 0.25) is 0 Å². The molecule has 1 fully saturated rings. The maximum atomic E-state index is 12.1. The van der Waals surface area contributed by atoms with E-state index in [-0.39, 0.29) is 5.78 Å². The number of ketones is 1. The minimum Gasteiger partial charge on any atom is -0.292 e. The van der Waals surface area contributed by atoms with Crippen LogP contribution in [0.15, 0.2) is 30.5 Å². The zero-order valence-electron chi connectivity index (χ0n) is 10.3. The smallest absolute Gasteiger partial charge is 0.183 e. The van der Waals surface area contributed by atoms with Crippen LogP contribution in [0.25, 0.3) is 11.0 Å². The monoisotopic (exact) mass is 240 g/mol. The number of aromatic nitrogens is 2. The molecule has 1 aromatic heterocycles. The van der Waals surface area contributed by atoms with Crippen LogP contribution in [-0.2, 0) is 0 Å². The lowest BCUT2D eigenvalue weighted by Crippen LogP contribution is -2.08. The van der Waals surface area contributed by atoms with Gasteiger partial charge in [0.2, 0.25) is 0 Å². The van der Waals surface area contributed by atoms with Crippen LogP contribution < -0.4 is 0 Å². The number of benzene rings is 1. The predicted molar refractivity (Wildman–Crippen MR) is 70.4 cm³/mol. The molecule has 2 aromatic rings. The van der Waals surface area contributed by atoms with Gasteiger partial charge in [0.15, 0.2) is 5.78 Å². The molecule has 0 amide bonds. The molecule has 1 heterocycles. The summed E-state index contributed by atoms with van der Waals surface area (Å²) in [5, 5.41) is 0. The highest BCUT2D eigenvalue weighted by Crippen LogP contribution is 2.28. The molecular weight excluding hydrogens is 224 g/mol. The molecule has 0 atom stereocenters. The molecule has 0 bridgehead atoms. The van der Waals surface area contributed by atoms with E-state index in [0.29, 0.717) is 18.0 Å². The second-order valence-corrected chi connectivity index (χ2v) is 5.02. The van der Waals surface area contributed by atoms with Crippen molar-refractivity contribution in [3.8, 4) is 0 Å². The molecule has 1 saturated carbocycles. The Bertz CT molecular complexity index is 573. The third kappa shape index (κ3) is 2.26. The Morgan fingerprint density at radius 1 is 1.17 bits per heavy atom. The molecule has 0 saturated heterocycles. The van der Waals surface area contributed by atoms with E-state index in [1.807, 2.05) is 24.3 Å². The van der Waals surface area contributed by atoms with Crippen LogP contribution in [0, 0.1) is 5.92 Å². The summed E-state index contributed by atoms with van der Waals surface area (Å²) in [6.07, 6.45) is 7.15. The Hall–Kier alpha value is -1.77. The van der Waals surface area contributed by atoms with Crippen molar-refractivity contribution in [1.82, 2.24) is 9.97 Å². The summed E-state index contributed by atoms with van der Waals surface area (Å²) in [7, 11) is 0. The SMILES string of the molecule is O=C(CC1CCCC1)c1cnc2ccccc2n1. The molecule has 92 valence electrons. The number of para-hydroxylation sites is 2. The van der Waals surface area contributed by atoms with Crippen LogP contribution >= 0.6 is 0 Å². The highest BCUT2D eigenvalue weighted by Gasteiger charge is 2.20. The summed E-state index contributed by atoms with van der Waals surface area (Å²) in [5.74, 6) is 0.700. The predicted octanol–water partition coefficient (Wildman–Crippen LogP) is 3.39. The molecule has 18 heavy (non-hydrogen) atoms. The maximum Gasteiger partial charge on any atom is 0.183 e. The van der Waals surface area contributed by atoms with Crippen molar-refractivity contribution >= 4 is 16.8 Å². The van der Waals surface area contributed by atoms with Gasteiger partial charge in [-0.25, -0.2) is 4.98 Å². The minimum absolute atomic E-state index is 0.139. The third-order valence-corrected chi connectivity index (χ3v) is 3.68. The van der Waals surface area contributed by atoms with Gasteiger partial charge in [-0.3, -0.25) is 9.78 Å². The number of carbonyl (C=O) groups is 1. The Morgan fingerprint density at radius 2 is 1.89 bits per heavy atom. The van der Waals surface area contributed by atoms with Crippen molar-refractivity contribution in [2.24, 2.45) is 5.92 Å². The summed E-state index contributed by atoms with van der Waals surface area (Å²) < 4.78 is 0. The van der Waals surface area contributed by atoms with Crippen LogP contribution in [0.1, 0.15) is 42.6 Å². The van der Waals surface area contributed by atoms with E-state index < -0.39 is 0 Å². The standard InChI is InChI=1S/C15H16N2O/c18-15(9-11-5-1-2-6-11)14-10-16-12-7-3-4-8-13(12)17-14/h3-4,7-8,10-11H,1-2,5-6,9H2. The summed E-state index contributed by atoms with van der Waals surface area (Å²) in [5.41, 5.74) is 2.16. The molecule has 0 radical (unpaired) electrons. The second kappa shape index (κ2) is 4.84. The zero-order valence-corrected chi connectivity index (χ0v) is 10.3. The largest absolute Gasteiger partial charge is 0.292 e. The number of hydrogen-bond acceptors (Lipinski definition) is 3. The van der Waals surface area contributed by atoms with Gasteiger partial charge < -0.3 is 0 Å². The van der Waals surface area contributed by atoms with E-state index in [2.05, 4.69) is 9.97 Å². The highest BCUT2D eigenvalue weighted by molar-refractivity contribution is 5.95. The topological polar surface area (TPSA) is 42.9 Å². The maximum absolute atomic E-state index is 12.1. The molecule has 0 unspecified atom stereocenters. The molecule has 3 rings (SSSR count). The lowest BCUT2D eigenvalue weighted by Gasteiger charge is -2.07. The third-order valence-electron chi connectivity index (χ3n) is 3.68. The Balaban J connectivity index is 1.82. The van der Waals surface area contributed by atoms with E-state index in [9.17, 15) is 4.79 Å². The highest BCUT2D eigenvalue weighted by atomic mass is 16.1. The summed E-state index contributed by atoms with van der Waals surface area (Å²) in [4.78, 5) is 20.8. The van der Waals surface area contributed by atoms with Crippen molar-refractivity contribution in [1.29, 1.82) is 0 Å². The van der Waals surface area contributed by atoms with E-state index in [4.69, 9.17) is 0 Å². The van der Waals surface area contributed by atoms with Crippen molar-refractivity contribution in [2.45, 2.75) is 32.1 Å². The molecule has 0 spiro atoms. The molecule has 0 aliphatic heterocycles. The van der Waals surface area contributed by atoms with Crippen LogP contribution in [0.4, 0.5) is 0 Å². The number of rotatable bonds is 3. The van der Waals surface area contributed by atoms with Crippen molar-refractivity contribution in [2.75, 3.05) is 0 Å². The van der Waals surface area contributed by atoms with Gasteiger partial charge in [-0.2, -0.15) is 0 Å². The Kier molecular flexibility index (Phi) is 3.05. The molecule has 0 N–H and O–H groups in total. The number of Topliss-reactive ketones (excluding diaryl/α,β-unsaturated/α-hetero) is 1. The number of carbonyl (C=O) groups excluding carboxylic acids is 1. The van der Waals surface area contributed by atoms with E-state index >= 15 is 0 Å². The molecule has 3 heteroatoms. The first-order chi connectivity index (χ1) is 8.83. The van der Waals surface area contributed by atoms with Crippen molar-refractivity contribution in [3.05, 3.63) is 36.2 Å². The molecule has 1 aromatic carbocycles. The fraction of sp³-hybridized carbons (Fsp3) is 0.400. The summed E-state index contributed by atoms with van der Waals surface area (Å²) in [6.45, 7) is 0. The second-order valence-electron chi connectivity index (χ2n) is 5.02. The van der Waals surface area contributed by atoms with Crippen molar-refractivity contribution in [3.63, 3.8) is 0 Å². The van der Waals surface area contributed by atoms with Gasteiger partial charge in [0, 0.05) is 6.42 Å². The lowest BCUT2D eigenvalue weighted by molar-refractivity contribution is 0.0957. The van der Waals surface area contributed by atoms with Gasteiger partial charge >= 0.3 is 0 Å². The van der Waals surface area contributed by atoms with Gasteiger partial charge in [0.25, 0.3) is 0 Å². The van der Waals surface area contributed by atoms with Gasteiger partial charge in [-0.1, -0.05) is 37.8 Å². The quantitative estimate of drug-likeness (QED) is 0.772. The first kappa shape index (κ1) is 11.3. The van der Waals surface area contributed by atoms with E-state index in [0.717, 1.165) is 11.0 Å². The first-order valence-corrected chi connectivity index (χ1v) is 6.58.